The summed E-state index contributed by atoms with van der Waals surface area (Å²) in [7, 11) is 0. The molecule has 0 aromatic heterocycles. The number of benzene rings is 1. The molecule has 1 heterocycles. The van der Waals surface area contributed by atoms with Crippen LogP contribution in [-0.4, -0.2) is 41.2 Å². The van der Waals surface area contributed by atoms with Crippen LogP contribution in [0.25, 0.3) is 0 Å². The van der Waals surface area contributed by atoms with Gasteiger partial charge in [0, 0.05) is 19.1 Å². The molecule has 0 aliphatic carbocycles. The predicted octanol–water partition coefficient (Wildman–Crippen LogP) is 2.64. The number of carboxylic acids is 1. The lowest BCUT2D eigenvalue weighted by Crippen LogP contribution is -2.41. The van der Waals surface area contributed by atoms with Crippen LogP contribution >= 0.6 is 0 Å². The summed E-state index contributed by atoms with van der Waals surface area (Å²) in [6.45, 7) is 6.50. The van der Waals surface area contributed by atoms with Gasteiger partial charge in [-0.1, -0.05) is 6.07 Å². The molecule has 1 aromatic carbocycles. The lowest BCUT2D eigenvalue weighted by molar-refractivity contribution is 0.0692. The van der Waals surface area contributed by atoms with Crippen LogP contribution in [0.3, 0.4) is 0 Å². The Hall–Kier alpha value is -1.55. The number of ether oxygens (including phenoxy) is 1. The molecule has 19 heavy (non-hydrogen) atoms. The fraction of sp³-hybridized carbons (Fsp3) is 0.533. The largest absolute Gasteiger partial charge is 0.490 e. The van der Waals surface area contributed by atoms with Gasteiger partial charge < -0.3 is 14.7 Å². The average molecular weight is 263 g/mol. The van der Waals surface area contributed by atoms with Crippen molar-refractivity contribution >= 4 is 5.97 Å². The van der Waals surface area contributed by atoms with Gasteiger partial charge in [0.05, 0.1) is 5.56 Å². The number of hydrogen-bond donors (Lipinski definition) is 1. The van der Waals surface area contributed by atoms with Gasteiger partial charge in [-0.2, -0.15) is 0 Å². The van der Waals surface area contributed by atoms with Crippen LogP contribution in [0.2, 0.25) is 0 Å². The van der Waals surface area contributed by atoms with Gasteiger partial charge in [-0.25, -0.2) is 4.79 Å². The highest BCUT2D eigenvalue weighted by Gasteiger charge is 2.22. The number of rotatable bonds is 4. The van der Waals surface area contributed by atoms with Gasteiger partial charge in [0.25, 0.3) is 0 Å². The monoisotopic (exact) mass is 263 g/mol. The molecule has 1 N–H and O–H groups in total. The summed E-state index contributed by atoms with van der Waals surface area (Å²) in [5, 5.41) is 8.95. The van der Waals surface area contributed by atoms with Crippen molar-refractivity contribution in [2.24, 2.45) is 0 Å². The Morgan fingerprint density at radius 1 is 1.37 bits per heavy atom. The normalized spacial score (nSPS) is 17.6. The fourth-order valence-corrected chi connectivity index (χ4v) is 2.40. The van der Waals surface area contributed by atoms with Gasteiger partial charge in [0.15, 0.2) is 0 Å². The molecule has 4 nitrogen and oxygen atoms in total. The molecule has 0 atom stereocenters. The number of nitrogens with zero attached hydrogens (tertiary/aromatic N) is 1. The van der Waals surface area contributed by atoms with E-state index in [1.54, 1.807) is 18.2 Å². The van der Waals surface area contributed by atoms with Crippen LogP contribution in [0, 0.1) is 0 Å². The highest BCUT2D eigenvalue weighted by molar-refractivity contribution is 5.87. The van der Waals surface area contributed by atoms with Gasteiger partial charge in [-0.05, 0) is 44.9 Å². The maximum absolute atomic E-state index is 10.9. The lowest BCUT2D eigenvalue weighted by atomic mass is 10.1. The van der Waals surface area contributed by atoms with E-state index in [2.05, 4.69) is 18.7 Å². The maximum Gasteiger partial charge on any atom is 0.335 e. The van der Waals surface area contributed by atoms with E-state index in [1.807, 2.05) is 6.07 Å². The SMILES string of the molecule is CC(C)N1CCC(Oc2cccc(C(=O)O)c2)CC1. The van der Waals surface area contributed by atoms with E-state index >= 15 is 0 Å². The van der Waals surface area contributed by atoms with Crippen molar-refractivity contribution in [3.05, 3.63) is 29.8 Å². The number of aromatic carboxylic acids is 1. The number of carboxylic acid groups (broad SMARTS) is 1. The summed E-state index contributed by atoms with van der Waals surface area (Å²) < 4.78 is 5.88. The molecule has 0 spiro atoms. The first-order chi connectivity index (χ1) is 9.06. The van der Waals surface area contributed by atoms with Crippen LogP contribution in [0.4, 0.5) is 0 Å². The Morgan fingerprint density at radius 3 is 2.63 bits per heavy atom. The number of piperidine rings is 1. The van der Waals surface area contributed by atoms with Crippen LogP contribution in [0.5, 0.6) is 5.75 Å². The Morgan fingerprint density at radius 2 is 2.05 bits per heavy atom. The van der Waals surface area contributed by atoms with Gasteiger partial charge in [0.1, 0.15) is 11.9 Å². The van der Waals surface area contributed by atoms with Crippen molar-refractivity contribution in [3.8, 4) is 5.75 Å². The second kappa shape index (κ2) is 6.06. The summed E-state index contributed by atoms with van der Waals surface area (Å²) in [5.74, 6) is -0.261. The molecule has 0 amide bonds. The molecule has 4 heteroatoms. The smallest absolute Gasteiger partial charge is 0.335 e. The first-order valence-corrected chi connectivity index (χ1v) is 6.80. The third-order valence-electron chi connectivity index (χ3n) is 3.59. The zero-order valence-corrected chi connectivity index (χ0v) is 11.5. The average Bonchev–Trinajstić information content (AvgIpc) is 2.39. The molecule has 0 unspecified atom stereocenters. The Kier molecular flexibility index (Phi) is 4.43. The van der Waals surface area contributed by atoms with Crippen LogP contribution in [-0.2, 0) is 0 Å². The van der Waals surface area contributed by atoms with E-state index in [9.17, 15) is 4.79 Å². The molecule has 2 rings (SSSR count). The summed E-state index contributed by atoms with van der Waals surface area (Å²) >= 11 is 0. The Bertz CT molecular complexity index is 437. The van der Waals surface area contributed by atoms with Crippen molar-refractivity contribution in [2.75, 3.05) is 13.1 Å². The Balaban J connectivity index is 1.92. The minimum absolute atomic E-state index is 0.194. The molecular weight excluding hydrogens is 242 g/mol. The van der Waals surface area contributed by atoms with E-state index in [4.69, 9.17) is 9.84 Å². The Labute approximate surface area is 114 Å². The molecule has 1 aliphatic rings. The van der Waals surface area contributed by atoms with E-state index in [0.29, 0.717) is 11.8 Å². The van der Waals surface area contributed by atoms with Crippen molar-refractivity contribution < 1.29 is 14.6 Å². The minimum Gasteiger partial charge on any atom is -0.490 e. The van der Waals surface area contributed by atoms with E-state index < -0.39 is 5.97 Å². The third kappa shape index (κ3) is 3.70. The van der Waals surface area contributed by atoms with Gasteiger partial charge in [0.2, 0.25) is 0 Å². The number of hydrogen-bond acceptors (Lipinski definition) is 3. The molecule has 104 valence electrons. The topological polar surface area (TPSA) is 49.8 Å². The highest BCUT2D eigenvalue weighted by Crippen LogP contribution is 2.21. The summed E-state index contributed by atoms with van der Waals surface area (Å²) in [6.07, 6.45) is 2.18. The fourth-order valence-electron chi connectivity index (χ4n) is 2.40. The van der Waals surface area contributed by atoms with Crippen molar-refractivity contribution in [1.82, 2.24) is 4.90 Å². The zero-order valence-electron chi connectivity index (χ0n) is 11.5. The third-order valence-corrected chi connectivity index (χ3v) is 3.59. The second-order valence-electron chi connectivity index (χ2n) is 5.28. The van der Waals surface area contributed by atoms with Crippen molar-refractivity contribution in [1.29, 1.82) is 0 Å². The number of likely N-dealkylation sites (tertiary alicyclic amines) is 1. The highest BCUT2D eigenvalue weighted by atomic mass is 16.5. The molecule has 0 radical (unpaired) electrons. The first kappa shape index (κ1) is 13.9. The minimum atomic E-state index is -0.917. The number of carbonyl (C=O) groups is 1. The predicted molar refractivity (Wildman–Crippen MR) is 73.8 cm³/mol. The molecule has 1 aromatic rings. The van der Waals surface area contributed by atoms with E-state index in [-0.39, 0.29) is 11.7 Å². The van der Waals surface area contributed by atoms with Crippen molar-refractivity contribution in [3.63, 3.8) is 0 Å². The molecule has 0 saturated carbocycles. The maximum atomic E-state index is 10.9. The lowest BCUT2D eigenvalue weighted by Gasteiger charge is -2.34. The van der Waals surface area contributed by atoms with Gasteiger partial charge >= 0.3 is 5.97 Å². The van der Waals surface area contributed by atoms with Crippen LogP contribution in [0.1, 0.15) is 37.0 Å². The van der Waals surface area contributed by atoms with Crippen LogP contribution < -0.4 is 4.74 Å². The van der Waals surface area contributed by atoms with E-state index in [1.165, 1.54) is 0 Å². The molecular formula is C15H21NO3. The van der Waals surface area contributed by atoms with Crippen LogP contribution in [0.15, 0.2) is 24.3 Å². The second-order valence-corrected chi connectivity index (χ2v) is 5.28. The molecule has 1 fully saturated rings. The molecule has 1 aliphatic heterocycles. The molecule has 1 saturated heterocycles. The summed E-state index contributed by atoms with van der Waals surface area (Å²) in [4.78, 5) is 13.3. The van der Waals surface area contributed by atoms with Gasteiger partial charge in [-0.15, -0.1) is 0 Å². The van der Waals surface area contributed by atoms with E-state index in [0.717, 1.165) is 25.9 Å². The standard InChI is InChI=1S/C15H21NO3/c1-11(2)16-8-6-13(7-9-16)19-14-5-3-4-12(10-14)15(17)18/h3-5,10-11,13H,6-9H2,1-2H3,(H,17,18). The molecule has 0 bridgehead atoms. The van der Waals surface area contributed by atoms with Crippen molar-refractivity contribution in [2.45, 2.75) is 38.8 Å². The summed E-state index contributed by atoms with van der Waals surface area (Å²) in [5.41, 5.74) is 0.275. The zero-order chi connectivity index (χ0) is 13.8. The quantitative estimate of drug-likeness (QED) is 0.907. The first-order valence-electron chi connectivity index (χ1n) is 6.80. The van der Waals surface area contributed by atoms with Gasteiger partial charge in [-0.3, -0.25) is 0 Å². The summed E-state index contributed by atoms with van der Waals surface area (Å²) in [6, 6.07) is 7.30.